The Morgan fingerprint density at radius 1 is 0.617 bits per heavy atom. The molecule has 0 saturated carbocycles. The summed E-state index contributed by atoms with van der Waals surface area (Å²) in [5, 5.41) is 41.4. The average molecular weight is 837 g/mol. The molecule has 0 spiro atoms. The number of carboxylic acid groups (broad SMARTS) is 3. The smallest absolute Gasteiger partial charge is 0.326 e. The number of nitrogens with one attached hydrogen (secondary N) is 6. The molecule has 6 amide bonds. The summed E-state index contributed by atoms with van der Waals surface area (Å²) in [5.74, 6) is -9.98. The Morgan fingerprint density at radius 2 is 1.13 bits per heavy atom. The van der Waals surface area contributed by atoms with Gasteiger partial charge in [-0.1, -0.05) is 62.4 Å². The van der Waals surface area contributed by atoms with Gasteiger partial charge in [0.2, 0.25) is 35.4 Å². The third-order valence-corrected chi connectivity index (χ3v) is 9.29. The van der Waals surface area contributed by atoms with Crippen LogP contribution >= 0.6 is 0 Å². The Kier molecular flexibility index (Phi) is 18.2. The van der Waals surface area contributed by atoms with Crippen molar-refractivity contribution in [1.82, 2.24) is 31.6 Å². The van der Waals surface area contributed by atoms with Gasteiger partial charge in [-0.2, -0.15) is 0 Å². The Bertz CT molecular complexity index is 2020. The van der Waals surface area contributed by atoms with Gasteiger partial charge < -0.3 is 58.4 Å². The minimum absolute atomic E-state index is 0.00222. The third-order valence-electron chi connectivity index (χ3n) is 9.29. The van der Waals surface area contributed by atoms with E-state index in [1.54, 1.807) is 74.6 Å². The van der Waals surface area contributed by atoms with Crippen molar-refractivity contribution >= 4 is 64.3 Å². The number of hydrogen-bond acceptors (Lipinski definition) is 10. The zero-order valence-corrected chi connectivity index (χ0v) is 33.1. The number of benzene rings is 2. The van der Waals surface area contributed by atoms with E-state index in [4.69, 9.17) is 16.6 Å². The van der Waals surface area contributed by atoms with E-state index in [1.807, 2.05) is 0 Å². The molecular formula is C40H52N8O12. The predicted molar refractivity (Wildman–Crippen MR) is 214 cm³/mol. The van der Waals surface area contributed by atoms with Crippen molar-refractivity contribution < 1.29 is 58.5 Å². The molecule has 3 aromatic rings. The van der Waals surface area contributed by atoms with Crippen LogP contribution in [0.25, 0.3) is 10.9 Å². The second kappa shape index (κ2) is 22.9. The van der Waals surface area contributed by atoms with Crippen molar-refractivity contribution in [1.29, 1.82) is 0 Å². The van der Waals surface area contributed by atoms with Crippen molar-refractivity contribution in [2.45, 2.75) is 101 Å². The summed E-state index contributed by atoms with van der Waals surface area (Å²) < 4.78 is 0. The lowest BCUT2D eigenvalue weighted by molar-refractivity contribution is -0.142. The highest BCUT2D eigenvalue weighted by Crippen LogP contribution is 2.20. The van der Waals surface area contributed by atoms with E-state index in [0.717, 1.165) is 0 Å². The summed E-state index contributed by atoms with van der Waals surface area (Å²) in [5.41, 5.74) is 12.9. The third kappa shape index (κ3) is 15.5. The molecular weight excluding hydrogens is 784 g/mol. The molecule has 0 bridgehead atoms. The predicted octanol–water partition coefficient (Wildman–Crippen LogP) is -0.560. The molecule has 20 heteroatoms. The molecule has 0 fully saturated rings. The molecule has 324 valence electrons. The molecule has 13 N–H and O–H groups in total. The van der Waals surface area contributed by atoms with Crippen molar-refractivity contribution in [3.05, 3.63) is 71.9 Å². The fourth-order valence-corrected chi connectivity index (χ4v) is 6.22. The number of nitrogens with two attached hydrogens (primary N) is 2. The Balaban J connectivity index is 1.92. The lowest BCUT2D eigenvalue weighted by atomic mass is 10.0. The van der Waals surface area contributed by atoms with Crippen LogP contribution in [0.5, 0.6) is 0 Å². The van der Waals surface area contributed by atoms with E-state index < -0.39 is 122 Å². The minimum Gasteiger partial charge on any atom is -0.481 e. The van der Waals surface area contributed by atoms with E-state index >= 15 is 0 Å². The van der Waals surface area contributed by atoms with Crippen LogP contribution in [0.4, 0.5) is 0 Å². The molecule has 20 nitrogen and oxygen atoms in total. The maximum Gasteiger partial charge on any atom is 0.326 e. The lowest BCUT2D eigenvalue weighted by Crippen LogP contribution is -2.59. The number of primary amides is 1. The van der Waals surface area contributed by atoms with Crippen LogP contribution in [-0.4, -0.2) is 110 Å². The fraction of sp³-hybridized carbons (Fsp3) is 0.425. The molecule has 2 aromatic carbocycles. The van der Waals surface area contributed by atoms with Crippen LogP contribution < -0.4 is 38.1 Å². The number of aliphatic carboxylic acids is 3. The van der Waals surface area contributed by atoms with Gasteiger partial charge in [0.15, 0.2) is 0 Å². The number of rotatable bonds is 25. The topological polar surface area (TPSA) is 342 Å². The SMILES string of the molecule is CC(C)C[C@H](NC(=O)[C@@H](N)CC(=O)O)C(=O)N[C@@H](CCC(=O)O)C(=O)N[C@@H](CCC(N)=O)C(=O)N[C@@H](Cc1c[nH]c2ccccc12)C(=O)N[C@@H](Cc1ccccc1)C(=O)O. The molecule has 1 heterocycles. The number of hydrogen-bond donors (Lipinski definition) is 11. The molecule has 6 atom stereocenters. The molecule has 0 radical (unpaired) electrons. The number of aromatic amines is 1. The van der Waals surface area contributed by atoms with Gasteiger partial charge in [-0.05, 0) is 42.4 Å². The maximum atomic E-state index is 14.0. The summed E-state index contributed by atoms with van der Waals surface area (Å²) in [7, 11) is 0. The highest BCUT2D eigenvalue weighted by molar-refractivity contribution is 5.97. The van der Waals surface area contributed by atoms with Crippen LogP contribution in [0.1, 0.15) is 63.5 Å². The molecule has 0 aliphatic carbocycles. The number of fused-ring (bicyclic) bond motifs is 1. The van der Waals surface area contributed by atoms with Crippen molar-refractivity contribution in [2.75, 3.05) is 0 Å². The summed E-state index contributed by atoms with van der Waals surface area (Å²) in [6.07, 6.45) is -1.36. The first-order chi connectivity index (χ1) is 28.3. The molecule has 0 saturated heterocycles. The van der Waals surface area contributed by atoms with Gasteiger partial charge in [-0.3, -0.25) is 38.4 Å². The van der Waals surface area contributed by atoms with Gasteiger partial charge in [0.1, 0.15) is 30.2 Å². The van der Waals surface area contributed by atoms with E-state index in [0.29, 0.717) is 22.0 Å². The second-order valence-corrected chi connectivity index (χ2v) is 14.7. The number of carbonyl (C=O) groups excluding carboxylic acids is 6. The summed E-state index contributed by atoms with van der Waals surface area (Å²) in [4.78, 5) is 118. The molecule has 60 heavy (non-hydrogen) atoms. The fourth-order valence-electron chi connectivity index (χ4n) is 6.22. The Labute approximate surface area is 344 Å². The van der Waals surface area contributed by atoms with E-state index in [2.05, 4.69) is 31.6 Å². The Morgan fingerprint density at radius 3 is 1.70 bits per heavy atom. The van der Waals surface area contributed by atoms with Crippen LogP contribution in [0.3, 0.4) is 0 Å². The summed E-state index contributed by atoms with van der Waals surface area (Å²) >= 11 is 0. The number of aromatic nitrogens is 1. The average Bonchev–Trinajstić information content (AvgIpc) is 3.59. The van der Waals surface area contributed by atoms with Crippen LogP contribution in [0, 0.1) is 5.92 Å². The van der Waals surface area contributed by atoms with E-state index in [1.165, 1.54) is 0 Å². The summed E-state index contributed by atoms with van der Waals surface area (Å²) in [6.45, 7) is 3.44. The highest BCUT2D eigenvalue weighted by Gasteiger charge is 2.34. The van der Waals surface area contributed by atoms with Gasteiger partial charge >= 0.3 is 17.9 Å². The number of amides is 6. The molecule has 1 aromatic heterocycles. The largest absolute Gasteiger partial charge is 0.481 e. The monoisotopic (exact) mass is 836 g/mol. The first-order valence-electron chi connectivity index (χ1n) is 19.2. The lowest BCUT2D eigenvalue weighted by Gasteiger charge is -2.27. The molecule has 3 rings (SSSR count). The zero-order valence-electron chi connectivity index (χ0n) is 33.1. The number of carboxylic acids is 3. The van der Waals surface area contributed by atoms with E-state index in [-0.39, 0.29) is 25.2 Å². The van der Waals surface area contributed by atoms with Crippen LogP contribution in [0.15, 0.2) is 60.8 Å². The highest BCUT2D eigenvalue weighted by atomic mass is 16.4. The number of H-pyrrole nitrogens is 1. The van der Waals surface area contributed by atoms with Gasteiger partial charge in [0.05, 0.1) is 12.5 Å². The summed E-state index contributed by atoms with van der Waals surface area (Å²) in [6, 6.07) is 6.68. The van der Waals surface area contributed by atoms with Gasteiger partial charge in [0.25, 0.3) is 0 Å². The van der Waals surface area contributed by atoms with E-state index in [9.17, 15) is 53.4 Å². The second-order valence-electron chi connectivity index (χ2n) is 14.7. The van der Waals surface area contributed by atoms with Gasteiger partial charge in [0, 0.05) is 42.8 Å². The first kappa shape index (κ1) is 47.5. The quantitative estimate of drug-likeness (QED) is 0.0511. The standard InChI is InChI=1S/C40H52N8O12/c1-21(2)16-29(46-35(54)25(41)19-34(52)53)38(57)45-28(13-15-33(50)51)36(55)44-27(12-14-32(42)49)37(56)47-30(18-23-20-43-26-11-7-6-10-24(23)26)39(58)48-31(40(59)60)17-22-8-4-3-5-9-22/h3-11,20-21,25,27-31,43H,12-19,41H2,1-2H3,(H2,42,49)(H,44,55)(H,45,57)(H,46,54)(H,47,56)(H,48,58)(H,50,51)(H,52,53)(H,59,60)/t25-,27-,28-,29-,30-,31-/m0/s1. The van der Waals surface area contributed by atoms with Crippen LogP contribution in [-0.2, 0) is 56.0 Å². The van der Waals surface area contributed by atoms with Crippen molar-refractivity contribution in [2.24, 2.45) is 17.4 Å². The molecule has 0 unspecified atom stereocenters. The minimum atomic E-state index is -1.63. The number of para-hydroxylation sites is 1. The maximum absolute atomic E-state index is 14.0. The molecule has 0 aliphatic heterocycles. The first-order valence-corrected chi connectivity index (χ1v) is 19.2. The number of carbonyl (C=O) groups is 9. The van der Waals surface area contributed by atoms with Crippen LogP contribution in [0.2, 0.25) is 0 Å². The Hall–Kier alpha value is -6.83. The van der Waals surface area contributed by atoms with Crippen molar-refractivity contribution in [3.8, 4) is 0 Å². The van der Waals surface area contributed by atoms with Crippen molar-refractivity contribution in [3.63, 3.8) is 0 Å². The normalized spacial score (nSPS) is 14.1. The molecule has 0 aliphatic rings. The van der Waals surface area contributed by atoms with Gasteiger partial charge in [-0.25, -0.2) is 4.79 Å². The van der Waals surface area contributed by atoms with Gasteiger partial charge in [-0.15, -0.1) is 0 Å². The zero-order chi connectivity index (χ0) is 44.5.